The minimum Gasteiger partial charge on any atom is -0.492 e. The Labute approximate surface area is 154 Å². The molecule has 0 unspecified atom stereocenters. The zero-order chi connectivity index (χ0) is 17.5. The molecule has 1 fully saturated rings. The molecule has 9 heteroatoms. The van der Waals surface area contributed by atoms with Crippen molar-refractivity contribution < 1.29 is 9.66 Å². The third-order valence-electron chi connectivity index (χ3n) is 3.95. The number of nitrogens with one attached hydrogen (secondary N) is 1. The van der Waals surface area contributed by atoms with Crippen molar-refractivity contribution in [3.05, 3.63) is 34.4 Å². The van der Waals surface area contributed by atoms with Gasteiger partial charge in [0.1, 0.15) is 5.75 Å². The number of nitro groups is 1. The third-order valence-corrected chi connectivity index (χ3v) is 5.90. The Balaban J connectivity index is 1.40. The van der Waals surface area contributed by atoms with E-state index in [4.69, 9.17) is 4.74 Å². The maximum atomic E-state index is 10.7. The van der Waals surface area contributed by atoms with Crippen LogP contribution < -0.4 is 10.1 Å². The van der Waals surface area contributed by atoms with Gasteiger partial charge >= 0.3 is 0 Å². The van der Waals surface area contributed by atoms with E-state index in [0.29, 0.717) is 24.2 Å². The fraction of sp³-hybridized carbons (Fsp3) is 0.500. The van der Waals surface area contributed by atoms with E-state index in [-0.39, 0.29) is 5.69 Å². The third kappa shape index (κ3) is 5.57. The maximum Gasteiger partial charge on any atom is 0.273 e. The van der Waals surface area contributed by atoms with E-state index in [1.807, 2.05) is 0 Å². The molecule has 1 saturated carbocycles. The number of nitrogens with zero attached hydrogens (tertiary/aromatic N) is 3. The van der Waals surface area contributed by atoms with Crippen LogP contribution >= 0.6 is 23.1 Å². The molecule has 0 bridgehead atoms. The molecule has 2 aromatic rings. The summed E-state index contributed by atoms with van der Waals surface area (Å²) in [4.78, 5) is 10.3. The standard InChI is InChI=1S/C16H20N4O3S2/c21-20(22)13-7-4-8-14(11-13)23-9-10-24-16-19-18-15(25-16)17-12-5-2-1-3-6-12/h4,7-8,11-12H,1-3,5-6,9-10H2,(H,17,18). The molecule has 0 aliphatic heterocycles. The molecule has 1 aromatic carbocycles. The van der Waals surface area contributed by atoms with E-state index >= 15 is 0 Å². The van der Waals surface area contributed by atoms with Gasteiger partial charge in [0.25, 0.3) is 5.69 Å². The van der Waals surface area contributed by atoms with Crippen molar-refractivity contribution in [3.63, 3.8) is 0 Å². The summed E-state index contributed by atoms with van der Waals surface area (Å²) in [6.45, 7) is 0.455. The SMILES string of the molecule is O=[N+]([O-])c1cccc(OCCSc2nnc(NC3CCCCC3)s2)c1. The summed E-state index contributed by atoms with van der Waals surface area (Å²) >= 11 is 3.14. The van der Waals surface area contributed by atoms with Gasteiger partial charge in [-0.15, -0.1) is 10.2 Å². The molecule has 7 nitrogen and oxygen atoms in total. The van der Waals surface area contributed by atoms with Crippen LogP contribution in [-0.2, 0) is 0 Å². The number of aromatic nitrogens is 2. The Bertz CT molecular complexity index is 704. The molecule has 1 heterocycles. The second-order valence-electron chi connectivity index (χ2n) is 5.80. The van der Waals surface area contributed by atoms with Gasteiger partial charge in [0.2, 0.25) is 5.13 Å². The summed E-state index contributed by atoms with van der Waals surface area (Å²) in [6, 6.07) is 6.74. The van der Waals surface area contributed by atoms with Crippen LogP contribution in [0, 0.1) is 10.1 Å². The summed E-state index contributed by atoms with van der Waals surface area (Å²) in [5.74, 6) is 1.22. The van der Waals surface area contributed by atoms with Gasteiger partial charge in [-0.05, 0) is 18.9 Å². The highest BCUT2D eigenvalue weighted by Crippen LogP contribution is 2.28. The first-order valence-corrected chi connectivity index (χ1v) is 10.1. The van der Waals surface area contributed by atoms with Gasteiger partial charge in [0, 0.05) is 17.9 Å². The van der Waals surface area contributed by atoms with Gasteiger partial charge in [-0.1, -0.05) is 48.4 Å². The summed E-state index contributed by atoms with van der Waals surface area (Å²) in [5, 5.41) is 23.5. The lowest BCUT2D eigenvalue weighted by Gasteiger charge is -2.21. The first kappa shape index (κ1) is 17.9. The van der Waals surface area contributed by atoms with Crippen LogP contribution in [0.15, 0.2) is 28.6 Å². The predicted molar refractivity (Wildman–Crippen MR) is 99.7 cm³/mol. The zero-order valence-corrected chi connectivity index (χ0v) is 15.4. The van der Waals surface area contributed by atoms with Crippen molar-refractivity contribution in [2.45, 2.75) is 42.5 Å². The molecular formula is C16H20N4O3S2. The van der Waals surface area contributed by atoms with Crippen LogP contribution in [0.3, 0.4) is 0 Å². The van der Waals surface area contributed by atoms with Gasteiger partial charge in [-0.25, -0.2) is 0 Å². The van der Waals surface area contributed by atoms with Gasteiger partial charge in [-0.3, -0.25) is 10.1 Å². The maximum absolute atomic E-state index is 10.7. The smallest absolute Gasteiger partial charge is 0.273 e. The molecule has 0 spiro atoms. The van der Waals surface area contributed by atoms with Crippen LogP contribution in [0.4, 0.5) is 10.8 Å². The molecule has 25 heavy (non-hydrogen) atoms. The summed E-state index contributed by atoms with van der Waals surface area (Å²) < 4.78 is 6.47. The Morgan fingerprint density at radius 2 is 2.16 bits per heavy atom. The van der Waals surface area contributed by atoms with E-state index in [1.165, 1.54) is 44.2 Å². The van der Waals surface area contributed by atoms with Gasteiger partial charge in [-0.2, -0.15) is 0 Å². The lowest BCUT2D eigenvalue weighted by molar-refractivity contribution is -0.384. The Morgan fingerprint density at radius 1 is 1.32 bits per heavy atom. The van der Waals surface area contributed by atoms with Gasteiger partial charge in [0.05, 0.1) is 17.6 Å². The largest absolute Gasteiger partial charge is 0.492 e. The number of hydrogen-bond acceptors (Lipinski definition) is 8. The average molecular weight is 380 g/mol. The number of thioether (sulfide) groups is 1. The first-order chi connectivity index (χ1) is 12.2. The van der Waals surface area contributed by atoms with E-state index in [0.717, 1.165) is 9.47 Å². The average Bonchev–Trinajstić information content (AvgIpc) is 3.07. The fourth-order valence-corrected chi connectivity index (χ4v) is 4.44. The molecule has 1 aromatic heterocycles. The number of anilines is 1. The Morgan fingerprint density at radius 3 is 2.96 bits per heavy atom. The molecule has 1 aliphatic rings. The molecule has 3 rings (SSSR count). The van der Waals surface area contributed by atoms with Crippen molar-refractivity contribution in [2.24, 2.45) is 0 Å². The van der Waals surface area contributed by atoms with Crippen LogP contribution in [0.5, 0.6) is 5.75 Å². The van der Waals surface area contributed by atoms with Crippen LogP contribution in [-0.4, -0.2) is 33.5 Å². The number of nitro benzene ring substituents is 1. The highest BCUT2D eigenvalue weighted by molar-refractivity contribution is 8.01. The lowest BCUT2D eigenvalue weighted by atomic mass is 9.96. The van der Waals surface area contributed by atoms with Crippen molar-refractivity contribution in [1.29, 1.82) is 0 Å². The number of benzene rings is 1. The van der Waals surface area contributed by atoms with Crippen LogP contribution in [0.1, 0.15) is 32.1 Å². The number of rotatable bonds is 8. The molecule has 0 radical (unpaired) electrons. The highest BCUT2D eigenvalue weighted by Gasteiger charge is 2.15. The molecule has 0 saturated heterocycles. The first-order valence-electron chi connectivity index (χ1n) is 8.31. The minimum absolute atomic E-state index is 0.0349. The molecular weight excluding hydrogens is 360 g/mol. The summed E-state index contributed by atoms with van der Waals surface area (Å²) in [5.41, 5.74) is 0.0349. The normalized spacial score (nSPS) is 15.0. The Kier molecular flexibility index (Phi) is 6.46. The van der Waals surface area contributed by atoms with Gasteiger partial charge < -0.3 is 10.1 Å². The van der Waals surface area contributed by atoms with Gasteiger partial charge in [0.15, 0.2) is 4.34 Å². The minimum atomic E-state index is -0.427. The van der Waals surface area contributed by atoms with Crippen LogP contribution in [0.25, 0.3) is 0 Å². The second kappa shape index (κ2) is 9.00. The fourth-order valence-electron chi connectivity index (χ4n) is 2.72. The monoisotopic (exact) mass is 380 g/mol. The summed E-state index contributed by atoms with van der Waals surface area (Å²) in [7, 11) is 0. The molecule has 134 valence electrons. The molecule has 0 amide bonds. The second-order valence-corrected chi connectivity index (χ2v) is 8.12. The van der Waals surface area contributed by atoms with Crippen LogP contribution in [0.2, 0.25) is 0 Å². The molecule has 1 N–H and O–H groups in total. The number of ether oxygens (including phenoxy) is 1. The predicted octanol–water partition coefficient (Wildman–Crippen LogP) is 4.36. The number of non-ortho nitro benzene ring substituents is 1. The van der Waals surface area contributed by atoms with E-state index in [9.17, 15) is 10.1 Å². The molecule has 1 aliphatic carbocycles. The van der Waals surface area contributed by atoms with E-state index < -0.39 is 4.92 Å². The van der Waals surface area contributed by atoms with E-state index in [1.54, 1.807) is 35.2 Å². The van der Waals surface area contributed by atoms with E-state index in [2.05, 4.69) is 15.5 Å². The highest BCUT2D eigenvalue weighted by atomic mass is 32.2. The molecule has 0 atom stereocenters. The topological polar surface area (TPSA) is 90.2 Å². The number of hydrogen-bond donors (Lipinski definition) is 1. The van der Waals surface area contributed by atoms with Crippen molar-refractivity contribution >= 4 is 33.9 Å². The quantitative estimate of drug-likeness (QED) is 0.315. The lowest BCUT2D eigenvalue weighted by Crippen LogP contribution is -2.21. The van der Waals surface area contributed by atoms with Crippen molar-refractivity contribution in [2.75, 3.05) is 17.7 Å². The summed E-state index contributed by atoms with van der Waals surface area (Å²) in [6.07, 6.45) is 6.32. The zero-order valence-electron chi connectivity index (χ0n) is 13.7. The van der Waals surface area contributed by atoms with Crippen molar-refractivity contribution in [1.82, 2.24) is 10.2 Å². The Hall–Kier alpha value is -1.87. The van der Waals surface area contributed by atoms with Crippen molar-refractivity contribution in [3.8, 4) is 5.75 Å².